The molecule has 8 nitrogen and oxygen atoms in total. The Morgan fingerprint density at radius 1 is 0.935 bits per heavy atom. The zero-order valence-electron chi connectivity index (χ0n) is 16.6. The monoisotopic (exact) mass is 434 g/mol. The molecule has 0 atom stereocenters. The van der Waals surface area contributed by atoms with Crippen LogP contribution < -0.4 is 5.32 Å². The lowest BCUT2D eigenvalue weighted by Crippen LogP contribution is -2.29. The Morgan fingerprint density at radius 3 is 2.23 bits per heavy atom. The first kappa shape index (κ1) is 20.5. The van der Waals surface area contributed by atoms with Crippen LogP contribution in [0.25, 0.3) is 0 Å². The predicted octanol–water partition coefficient (Wildman–Crippen LogP) is 3.24. The summed E-state index contributed by atoms with van der Waals surface area (Å²) in [5.41, 5.74) is 2.35. The number of fused-ring (bicyclic) bond motifs is 1. The Labute approximate surface area is 181 Å². The van der Waals surface area contributed by atoms with E-state index in [1.807, 2.05) is 19.1 Å². The van der Waals surface area contributed by atoms with E-state index in [0.717, 1.165) is 21.8 Å². The van der Waals surface area contributed by atoms with E-state index in [-0.39, 0.29) is 48.0 Å². The van der Waals surface area contributed by atoms with Crippen molar-refractivity contribution in [3.05, 3.63) is 75.8 Å². The number of carbonyl (C=O) groups is 4. The van der Waals surface area contributed by atoms with Gasteiger partial charge in [-0.1, -0.05) is 53.3 Å². The van der Waals surface area contributed by atoms with Crippen molar-refractivity contribution in [2.75, 3.05) is 5.32 Å². The van der Waals surface area contributed by atoms with Gasteiger partial charge in [-0.25, -0.2) is 0 Å². The zero-order valence-corrected chi connectivity index (χ0v) is 17.4. The van der Waals surface area contributed by atoms with Gasteiger partial charge in [0.1, 0.15) is 5.01 Å². The molecule has 0 saturated heterocycles. The second-order valence-electron chi connectivity index (χ2n) is 7.08. The normalized spacial score (nSPS) is 12.7. The molecule has 3 aromatic rings. The molecule has 1 aliphatic heterocycles. The lowest BCUT2D eigenvalue weighted by molar-refractivity contribution is -0.116. The summed E-state index contributed by atoms with van der Waals surface area (Å²) in [7, 11) is 0. The fourth-order valence-corrected chi connectivity index (χ4v) is 3.92. The Bertz CT molecular complexity index is 1150. The molecule has 0 aliphatic carbocycles. The highest BCUT2D eigenvalue weighted by Crippen LogP contribution is 2.26. The first-order valence-electron chi connectivity index (χ1n) is 9.59. The minimum absolute atomic E-state index is 0.0139. The number of rotatable bonds is 7. The molecule has 1 aliphatic rings. The number of hydrogen-bond acceptors (Lipinski definition) is 7. The molecule has 156 valence electrons. The smallest absolute Gasteiger partial charge is 0.261 e. The van der Waals surface area contributed by atoms with Crippen LogP contribution in [0.1, 0.15) is 54.5 Å². The second-order valence-corrected chi connectivity index (χ2v) is 8.14. The number of imide groups is 1. The summed E-state index contributed by atoms with van der Waals surface area (Å²) in [6.45, 7) is 1.91. The molecule has 0 fully saturated rings. The average molecular weight is 434 g/mol. The number of aryl methyl sites for hydroxylation is 1. The largest absolute Gasteiger partial charge is 0.301 e. The average Bonchev–Trinajstić information content (AvgIpc) is 3.31. The topological polar surface area (TPSA) is 109 Å². The molecule has 9 heteroatoms. The van der Waals surface area contributed by atoms with Crippen molar-refractivity contribution in [1.82, 2.24) is 15.1 Å². The van der Waals surface area contributed by atoms with Gasteiger partial charge in [-0.3, -0.25) is 24.1 Å². The third-order valence-corrected chi connectivity index (χ3v) is 5.66. The summed E-state index contributed by atoms with van der Waals surface area (Å²) < 4.78 is 0. The van der Waals surface area contributed by atoms with Crippen molar-refractivity contribution < 1.29 is 19.2 Å². The van der Waals surface area contributed by atoms with E-state index in [9.17, 15) is 19.2 Å². The highest BCUT2D eigenvalue weighted by molar-refractivity contribution is 7.15. The van der Waals surface area contributed by atoms with Crippen molar-refractivity contribution >= 4 is 40.0 Å². The van der Waals surface area contributed by atoms with Gasteiger partial charge in [-0.15, -0.1) is 10.2 Å². The van der Waals surface area contributed by atoms with Gasteiger partial charge in [0.2, 0.25) is 11.0 Å². The van der Waals surface area contributed by atoms with E-state index < -0.39 is 0 Å². The number of Topliss-reactive ketones (excluding diaryl/α,β-unsaturated/α-hetero) is 1. The molecule has 2 aromatic carbocycles. The number of nitrogens with one attached hydrogen (secondary N) is 1. The summed E-state index contributed by atoms with van der Waals surface area (Å²) in [6, 6.07) is 13.8. The van der Waals surface area contributed by atoms with Gasteiger partial charge in [0, 0.05) is 18.4 Å². The van der Waals surface area contributed by atoms with Crippen LogP contribution in [0.4, 0.5) is 5.13 Å². The second kappa shape index (κ2) is 8.57. The van der Waals surface area contributed by atoms with Crippen LogP contribution in [0.2, 0.25) is 0 Å². The van der Waals surface area contributed by atoms with Crippen LogP contribution in [-0.4, -0.2) is 38.6 Å². The molecule has 0 unspecified atom stereocenters. The number of nitrogens with zero attached hydrogens (tertiary/aromatic N) is 3. The minimum Gasteiger partial charge on any atom is -0.301 e. The Balaban J connectivity index is 1.31. The lowest BCUT2D eigenvalue weighted by Gasteiger charge is -2.10. The maximum Gasteiger partial charge on any atom is 0.261 e. The molecule has 0 spiro atoms. The number of carbonyl (C=O) groups excluding carboxylic acids is 4. The molecule has 1 aromatic heterocycles. The van der Waals surface area contributed by atoms with Gasteiger partial charge in [-0.05, 0) is 19.1 Å². The molecule has 1 N–H and O–H groups in total. The summed E-state index contributed by atoms with van der Waals surface area (Å²) >= 11 is 1.08. The fourth-order valence-electron chi connectivity index (χ4n) is 3.18. The van der Waals surface area contributed by atoms with Crippen LogP contribution in [0.15, 0.2) is 48.5 Å². The van der Waals surface area contributed by atoms with Crippen LogP contribution in [0.5, 0.6) is 0 Å². The van der Waals surface area contributed by atoms with Gasteiger partial charge in [0.25, 0.3) is 11.8 Å². The molecule has 0 radical (unpaired) electrons. The van der Waals surface area contributed by atoms with Crippen molar-refractivity contribution in [3.8, 4) is 0 Å². The van der Waals surface area contributed by atoms with E-state index in [4.69, 9.17) is 0 Å². The molecular formula is C22H18N4O4S. The molecular weight excluding hydrogens is 416 g/mol. The number of hydrogen-bond donors (Lipinski definition) is 1. The van der Waals surface area contributed by atoms with Gasteiger partial charge in [-0.2, -0.15) is 0 Å². The molecule has 2 heterocycles. The third-order valence-electron chi connectivity index (χ3n) is 4.84. The number of anilines is 1. The van der Waals surface area contributed by atoms with Crippen LogP contribution >= 0.6 is 11.3 Å². The number of ketones is 1. The highest BCUT2D eigenvalue weighted by atomic mass is 32.1. The van der Waals surface area contributed by atoms with Crippen molar-refractivity contribution in [2.45, 2.75) is 26.3 Å². The molecule has 4 rings (SSSR count). The van der Waals surface area contributed by atoms with Gasteiger partial charge in [0.15, 0.2) is 5.78 Å². The first-order valence-corrected chi connectivity index (χ1v) is 10.4. The van der Waals surface area contributed by atoms with E-state index in [1.54, 1.807) is 36.4 Å². The molecule has 0 saturated carbocycles. The molecule has 3 amide bonds. The summed E-state index contributed by atoms with van der Waals surface area (Å²) in [5.74, 6) is -1.23. The highest BCUT2D eigenvalue weighted by Gasteiger charge is 2.35. The molecule has 0 bridgehead atoms. The summed E-state index contributed by atoms with van der Waals surface area (Å²) in [5, 5.41) is 11.1. The fraction of sp³-hybridized carbons (Fsp3) is 0.182. The SMILES string of the molecule is Cc1ccc(C(=O)CCC(=O)Nc2nnc(CN3C(=O)c4ccccc4C3=O)s2)cc1. The maximum absolute atomic E-state index is 12.4. The maximum atomic E-state index is 12.4. The van der Waals surface area contributed by atoms with E-state index in [0.29, 0.717) is 21.7 Å². The zero-order chi connectivity index (χ0) is 22.0. The van der Waals surface area contributed by atoms with E-state index in [1.165, 1.54) is 0 Å². The van der Waals surface area contributed by atoms with Crippen molar-refractivity contribution in [3.63, 3.8) is 0 Å². The van der Waals surface area contributed by atoms with Crippen LogP contribution in [0, 0.1) is 6.92 Å². The van der Waals surface area contributed by atoms with E-state index in [2.05, 4.69) is 15.5 Å². The van der Waals surface area contributed by atoms with Crippen LogP contribution in [0.3, 0.4) is 0 Å². The summed E-state index contributed by atoms with van der Waals surface area (Å²) in [6.07, 6.45) is 0.0929. The Hall–Kier alpha value is -3.72. The quantitative estimate of drug-likeness (QED) is 0.452. The van der Waals surface area contributed by atoms with Gasteiger partial charge < -0.3 is 5.32 Å². The number of aromatic nitrogens is 2. The van der Waals surface area contributed by atoms with Crippen LogP contribution in [-0.2, 0) is 11.3 Å². The number of benzene rings is 2. The summed E-state index contributed by atoms with van der Waals surface area (Å²) in [4.78, 5) is 50.3. The van der Waals surface area contributed by atoms with Gasteiger partial charge >= 0.3 is 0 Å². The third kappa shape index (κ3) is 4.41. The first-order chi connectivity index (χ1) is 14.9. The predicted molar refractivity (Wildman–Crippen MR) is 114 cm³/mol. The molecule has 31 heavy (non-hydrogen) atoms. The Kier molecular flexibility index (Phi) is 5.68. The van der Waals surface area contributed by atoms with E-state index >= 15 is 0 Å². The Morgan fingerprint density at radius 2 is 1.58 bits per heavy atom. The minimum atomic E-state index is -0.379. The van der Waals surface area contributed by atoms with Crippen molar-refractivity contribution in [1.29, 1.82) is 0 Å². The standard InChI is InChI=1S/C22H18N4O4S/c1-13-6-8-14(9-7-13)17(27)10-11-18(28)23-22-25-24-19(31-22)12-26-20(29)15-4-2-3-5-16(15)21(26)30/h2-9H,10-12H2,1H3,(H,23,25,28). The van der Waals surface area contributed by atoms with Crippen molar-refractivity contribution in [2.24, 2.45) is 0 Å². The lowest BCUT2D eigenvalue weighted by atomic mass is 10.1. The van der Waals surface area contributed by atoms with Gasteiger partial charge in [0.05, 0.1) is 17.7 Å². The number of amides is 3.